The Morgan fingerprint density at radius 2 is 1.95 bits per heavy atom. The Morgan fingerprint density at radius 1 is 1.21 bits per heavy atom. The van der Waals surface area contributed by atoms with Gasteiger partial charge in [-0.3, -0.25) is 0 Å². The number of H-pyrrole nitrogens is 1. The molecule has 5 nitrogen and oxygen atoms in total. The fourth-order valence-electron chi connectivity index (χ4n) is 1.70. The van der Waals surface area contributed by atoms with E-state index in [4.69, 9.17) is 0 Å². The lowest BCUT2D eigenvalue weighted by molar-refractivity contribution is 0.0595. The summed E-state index contributed by atoms with van der Waals surface area (Å²) < 4.78 is 27.6. The van der Waals surface area contributed by atoms with E-state index in [1.165, 1.54) is 13.2 Å². The lowest BCUT2D eigenvalue weighted by Gasteiger charge is -2.01. The second-order valence-electron chi connectivity index (χ2n) is 4.09. The van der Waals surface area contributed by atoms with Crippen LogP contribution in [0.15, 0.2) is 41.4 Å². The standard InChI is InChI=1S/C13H13NO4S/c1-18-13(15)12-7-10(8-14-12)9-4-3-5-11(6-9)19(2,16)17/h3-8,14H,1-2H3. The quantitative estimate of drug-likeness (QED) is 0.870. The topological polar surface area (TPSA) is 76.2 Å². The number of methoxy groups -OCH3 is 1. The SMILES string of the molecule is COC(=O)c1cc(-c2cccc(S(C)(=O)=O)c2)c[nH]1. The first-order valence-corrected chi connectivity index (χ1v) is 7.38. The third-order valence-corrected chi connectivity index (χ3v) is 3.79. The summed E-state index contributed by atoms with van der Waals surface area (Å²) in [5.41, 5.74) is 1.77. The maximum atomic E-state index is 11.5. The maximum Gasteiger partial charge on any atom is 0.354 e. The number of aromatic nitrogens is 1. The predicted molar refractivity (Wildman–Crippen MR) is 70.7 cm³/mol. The molecule has 0 bridgehead atoms. The van der Waals surface area contributed by atoms with E-state index in [0.717, 1.165) is 11.8 Å². The maximum absolute atomic E-state index is 11.5. The Bertz CT molecular complexity index is 716. The molecule has 100 valence electrons. The van der Waals surface area contributed by atoms with Gasteiger partial charge in [0.2, 0.25) is 0 Å². The fourth-order valence-corrected chi connectivity index (χ4v) is 2.36. The molecule has 0 unspecified atom stereocenters. The second-order valence-corrected chi connectivity index (χ2v) is 6.11. The molecule has 0 aliphatic carbocycles. The minimum Gasteiger partial charge on any atom is -0.464 e. The molecule has 6 heteroatoms. The normalized spacial score (nSPS) is 11.3. The highest BCUT2D eigenvalue weighted by atomic mass is 32.2. The Hall–Kier alpha value is -2.08. The molecule has 2 aromatic rings. The van der Waals surface area contributed by atoms with Crippen LogP contribution in [0.4, 0.5) is 0 Å². The first-order valence-electron chi connectivity index (χ1n) is 5.49. The highest BCUT2D eigenvalue weighted by Gasteiger charge is 2.12. The monoisotopic (exact) mass is 279 g/mol. The molecule has 0 aliphatic heterocycles. The number of benzene rings is 1. The average Bonchev–Trinajstić information content (AvgIpc) is 2.86. The first kappa shape index (κ1) is 13.4. The molecule has 0 amide bonds. The average molecular weight is 279 g/mol. The van der Waals surface area contributed by atoms with Crippen molar-refractivity contribution < 1.29 is 17.9 Å². The van der Waals surface area contributed by atoms with Gasteiger partial charge in [-0.05, 0) is 23.8 Å². The van der Waals surface area contributed by atoms with Gasteiger partial charge in [-0.25, -0.2) is 13.2 Å². The summed E-state index contributed by atoms with van der Waals surface area (Å²) in [7, 11) is -1.95. The van der Waals surface area contributed by atoms with Crippen LogP contribution in [-0.2, 0) is 14.6 Å². The summed E-state index contributed by atoms with van der Waals surface area (Å²) in [6.45, 7) is 0. The summed E-state index contributed by atoms with van der Waals surface area (Å²) in [5, 5.41) is 0. The number of rotatable bonds is 3. The Kier molecular flexibility index (Phi) is 3.44. The van der Waals surface area contributed by atoms with E-state index >= 15 is 0 Å². The number of ether oxygens (including phenoxy) is 1. The van der Waals surface area contributed by atoms with Crippen molar-refractivity contribution in [3.63, 3.8) is 0 Å². The van der Waals surface area contributed by atoms with Crippen LogP contribution in [0.1, 0.15) is 10.5 Å². The molecule has 0 aliphatic rings. The summed E-state index contributed by atoms with van der Waals surface area (Å²) in [6, 6.07) is 8.16. The Labute approximate surface area is 111 Å². The number of hydrogen-bond acceptors (Lipinski definition) is 4. The molecule has 0 atom stereocenters. The zero-order valence-electron chi connectivity index (χ0n) is 10.5. The summed E-state index contributed by atoms with van der Waals surface area (Å²) >= 11 is 0. The van der Waals surface area contributed by atoms with Gasteiger partial charge >= 0.3 is 5.97 Å². The highest BCUT2D eigenvalue weighted by Crippen LogP contribution is 2.23. The smallest absolute Gasteiger partial charge is 0.354 e. The van der Waals surface area contributed by atoms with Gasteiger partial charge in [-0.2, -0.15) is 0 Å². The first-order chi connectivity index (χ1) is 8.91. The number of hydrogen-bond donors (Lipinski definition) is 1. The van der Waals surface area contributed by atoms with E-state index in [9.17, 15) is 13.2 Å². The number of carbonyl (C=O) groups is 1. The van der Waals surface area contributed by atoms with Crippen molar-refractivity contribution >= 4 is 15.8 Å². The van der Waals surface area contributed by atoms with Crippen molar-refractivity contribution in [2.24, 2.45) is 0 Å². The van der Waals surface area contributed by atoms with Gasteiger partial charge in [-0.1, -0.05) is 12.1 Å². The van der Waals surface area contributed by atoms with Gasteiger partial charge in [0.1, 0.15) is 5.69 Å². The molecule has 0 fully saturated rings. The van der Waals surface area contributed by atoms with Crippen LogP contribution in [0.3, 0.4) is 0 Å². The molecule has 2 rings (SSSR count). The van der Waals surface area contributed by atoms with Crippen molar-refractivity contribution in [2.75, 3.05) is 13.4 Å². The fraction of sp³-hybridized carbons (Fsp3) is 0.154. The van der Waals surface area contributed by atoms with Crippen LogP contribution in [0, 0.1) is 0 Å². The van der Waals surface area contributed by atoms with Gasteiger partial charge in [0.05, 0.1) is 12.0 Å². The minimum atomic E-state index is -3.25. The molecule has 19 heavy (non-hydrogen) atoms. The van der Waals surface area contributed by atoms with Crippen LogP contribution in [-0.4, -0.2) is 32.7 Å². The van der Waals surface area contributed by atoms with E-state index in [1.54, 1.807) is 30.5 Å². The van der Waals surface area contributed by atoms with E-state index in [2.05, 4.69) is 9.72 Å². The van der Waals surface area contributed by atoms with Crippen molar-refractivity contribution in [1.82, 2.24) is 4.98 Å². The minimum absolute atomic E-state index is 0.241. The molecule has 1 heterocycles. The van der Waals surface area contributed by atoms with Crippen molar-refractivity contribution in [3.05, 3.63) is 42.2 Å². The molecular formula is C13H13NO4S. The number of nitrogens with one attached hydrogen (secondary N) is 1. The van der Waals surface area contributed by atoms with Crippen LogP contribution in [0.2, 0.25) is 0 Å². The highest BCUT2D eigenvalue weighted by molar-refractivity contribution is 7.90. The molecule has 0 saturated heterocycles. The lowest BCUT2D eigenvalue weighted by Crippen LogP contribution is -2.00. The summed E-state index contributed by atoms with van der Waals surface area (Å²) in [5.74, 6) is -0.467. The van der Waals surface area contributed by atoms with Crippen molar-refractivity contribution in [1.29, 1.82) is 0 Å². The number of carbonyl (C=O) groups excluding carboxylic acids is 1. The lowest BCUT2D eigenvalue weighted by atomic mass is 10.1. The van der Waals surface area contributed by atoms with Gasteiger partial charge in [-0.15, -0.1) is 0 Å². The molecule has 1 aromatic carbocycles. The second kappa shape index (κ2) is 4.89. The molecule has 1 aromatic heterocycles. The van der Waals surface area contributed by atoms with Gasteiger partial charge in [0.15, 0.2) is 9.84 Å². The zero-order valence-corrected chi connectivity index (χ0v) is 11.3. The van der Waals surface area contributed by atoms with Gasteiger partial charge < -0.3 is 9.72 Å². The third-order valence-electron chi connectivity index (χ3n) is 2.68. The van der Waals surface area contributed by atoms with Crippen LogP contribution < -0.4 is 0 Å². The Balaban J connectivity index is 2.43. The predicted octanol–water partition coefficient (Wildman–Crippen LogP) is 1.87. The van der Waals surface area contributed by atoms with E-state index in [-0.39, 0.29) is 4.90 Å². The molecule has 0 saturated carbocycles. The van der Waals surface area contributed by atoms with Crippen LogP contribution in [0.5, 0.6) is 0 Å². The van der Waals surface area contributed by atoms with E-state index in [1.807, 2.05) is 0 Å². The number of sulfone groups is 1. The summed E-state index contributed by atoms with van der Waals surface area (Å²) in [6.07, 6.45) is 2.79. The van der Waals surface area contributed by atoms with Gasteiger partial charge in [0.25, 0.3) is 0 Å². The van der Waals surface area contributed by atoms with Crippen LogP contribution >= 0.6 is 0 Å². The number of esters is 1. The van der Waals surface area contributed by atoms with E-state index in [0.29, 0.717) is 11.3 Å². The largest absolute Gasteiger partial charge is 0.464 e. The van der Waals surface area contributed by atoms with Crippen LogP contribution in [0.25, 0.3) is 11.1 Å². The zero-order chi connectivity index (χ0) is 14.0. The number of aromatic amines is 1. The third kappa shape index (κ3) is 2.85. The molecule has 0 radical (unpaired) electrons. The Morgan fingerprint density at radius 3 is 2.58 bits per heavy atom. The van der Waals surface area contributed by atoms with Crippen molar-refractivity contribution in [2.45, 2.75) is 4.90 Å². The summed E-state index contributed by atoms with van der Waals surface area (Å²) in [4.78, 5) is 14.4. The van der Waals surface area contributed by atoms with Gasteiger partial charge in [0, 0.05) is 18.0 Å². The molecule has 1 N–H and O–H groups in total. The molecule has 0 spiro atoms. The molecular weight excluding hydrogens is 266 g/mol. The van der Waals surface area contributed by atoms with E-state index < -0.39 is 15.8 Å². The van der Waals surface area contributed by atoms with Crippen molar-refractivity contribution in [3.8, 4) is 11.1 Å².